The molecule has 0 bridgehead atoms. The van der Waals surface area contributed by atoms with Crippen molar-refractivity contribution >= 4 is 31.6 Å². The highest BCUT2D eigenvalue weighted by Crippen LogP contribution is 2.34. The third-order valence-corrected chi connectivity index (χ3v) is 5.21. The summed E-state index contributed by atoms with van der Waals surface area (Å²) in [7, 11) is -3.71. The Hall–Kier alpha value is -0.800. The van der Waals surface area contributed by atoms with E-state index in [1.165, 1.54) is 6.07 Å². The van der Waals surface area contributed by atoms with Crippen LogP contribution >= 0.6 is 15.9 Å². The minimum Gasteiger partial charge on any atom is -0.313 e. The number of benzene rings is 1. The quantitative estimate of drug-likeness (QED) is 0.836. The monoisotopic (exact) mass is 386 g/mol. The normalized spacial score (nSPS) is 19.7. The zero-order chi connectivity index (χ0) is 15.7. The van der Waals surface area contributed by atoms with Crippen molar-refractivity contribution in [2.75, 3.05) is 17.0 Å². The van der Waals surface area contributed by atoms with Gasteiger partial charge in [-0.25, -0.2) is 8.42 Å². The lowest BCUT2D eigenvalue weighted by Gasteiger charge is -2.15. The van der Waals surface area contributed by atoms with Crippen molar-refractivity contribution in [2.45, 2.75) is 25.1 Å². The van der Waals surface area contributed by atoms with Crippen molar-refractivity contribution in [3.63, 3.8) is 0 Å². The number of nitrogens with one attached hydrogen (secondary N) is 2. The van der Waals surface area contributed by atoms with E-state index in [1.807, 2.05) is 0 Å². The van der Waals surface area contributed by atoms with Gasteiger partial charge in [-0.15, -0.1) is 0 Å². The molecule has 1 saturated heterocycles. The highest BCUT2D eigenvalue weighted by molar-refractivity contribution is 9.10. The van der Waals surface area contributed by atoms with E-state index in [-0.39, 0.29) is 22.0 Å². The van der Waals surface area contributed by atoms with Crippen LogP contribution in [0.4, 0.5) is 18.9 Å². The third kappa shape index (κ3) is 4.58. The van der Waals surface area contributed by atoms with E-state index in [2.05, 4.69) is 26.0 Å². The molecule has 1 unspecified atom stereocenters. The molecule has 2 rings (SSSR count). The minimum absolute atomic E-state index is 0.108. The number of hydrogen-bond donors (Lipinski definition) is 2. The smallest absolute Gasteiger partial charge is 0.313 e. The maximum absolute atomic E-state index is 12.7. The summed E-state index contributed by atoms with van der Waals surface area (Å²) < 4.78 is 64.5. The average Bonchev–Trinajstić information content (AvgIpc) is 2.82. The zero-order valence-corrected chi connectivity index (χ0v) is 13.3. The van der Waals surface area contributed by atoms with E-state index in [0.29, 0.717) is 0 Å². The molecule has 0 aliphatic carbocycles. The predicted octanol–water partition coefficient (Wildman–Crippen LogP) is 2.96. The first-order valence-electron chi connectivity index (χ1n) is 6.28. The van der Waals surface area contributed by atoms with Gasteiger partial charge < -0.3 is 5.32 Å². The number of sulfonamides is 1. The van der Waals surface area contributed by atoms with Gasteiger partial charge in [-0.05, 0) is 53.5 Å². The molecular weight excluding hydrogens is 373 g/mol. The summed E-state index contributed by atoms with van der Waals surface area (Å²) in [5.41, 5.74) is -1.01. The molecule has 9 heteroatoms. The number of hydrogen-bond acceptors (Lipinski definition) is 3. The summed E-state index contributed by atoms with van der Waals surface area (Å²) in [6.07, 6.45) is -2.88. The second-order valence-electron chi connectivity index (χ2n) is 4.87. The van der Waals surface area contributed by atoms with E-state index in [0.717, 1.165) is 31.5 Å². The van der Waals surface area contributed by atoms with Crippen molar-refractivity contribution in [2.24, 2.45) is 0 Å². The summed E-state index contributed by atoms with van der Waals surface area (Å²) in [6.45, 7) is 0.757. The molecule has 1 aliphatic heterocycles. The summed E-state index contributed by atoms with van der Waals surface area (Å²) in [5, 5.41) is 3.04. The van der Waals surface area contributed by atoms with E-state index in [4.69, 9.17) is 0 Å². The predicted molar refractivity (Wildman–Crippen MR) is 77.6 cm³/mol. The molecule has 0 saturated carbocycles. The van der Waals surface area contributed by atoms with Crippen LogP contribution in [0, 0.1) is 0 Å². The van der Waals surface area contributed by atoms with Crippen LogP contribution in [-0.2, 0) is 16.2 Å². The standard InChI is InChI=1S/C12H14BrF3N2O2S/c13-10-4-3-8(12(14,15)16)6-11(10)18-21(19,20)7-9-2-1-5-17-9/h3-4,6,9,17-18H,1-2,5,7H2. The fourth-order valence-electron chi connectivity index (χ4n) is 2.15. The molecule has 0 amide bonds. The summed E-state index contributed by atoms with van der Waals surface area (Å²) in [4.78, 5) is 0. The molecule has 2 N–H and O–H groups in total. The largest absolute Gasteiger partial charge is 0.416 e. The summed E-state index contributed by atoms with van der Waals surface area (Å²) in [5.74, 6) is -0.157. The van der Waals surface area contributed by atoms with Gasteiger partial charge in [0.05, 0.1) is 17.0 Å². The lowest BCUT2D eigenvalue weighted by Crippen LogP contribution is -2.32. The molecule has 21 heavy (non-hydrogen) atoms. The van der Waals surface area contributed by atoms with Crippen molar-refractivity contribution in [1.82, 2.24) is 5.32 Å². The molecule has 1 atom stereocenters. The lowest BCUT2D eigenvalue weighted by atomic mass is 10.2. The lowest BCUT2D eigenvalue weighted by molar-refractivity contribution is -0.137. The van der Waals surface area contributed by atoms with E-state index in [9.17, 15) is 21.6 Å². The van der Waals surface area contributed by atoms with E-state index < -0.39 is 21.8 Å². The number of rotatable bonds is 4. The van der Waals surface area contributed by atoms with Crippen molar-refractivity contribution in [3.05, 3.63) is 28.2 Å². The second-order valence-corrected chi connectivity index (χ2v) is 7.49. The van der Waals surface area contributed by atoms with Gasteiger partial charge in [0.2, 0.25) is 10.0 Å². The van der Waals surface area contributed by atoms with Crippen LogP contribution in [-0.4, -0.2) is 26.8 Å². The topological polar surface area (TPSA) is 58.2 Å². The van der Waals surface area contributed by atoms with Crippen molar-refractivity contribution < 1.29 is 21.6 Å². The molecule has 1 aliphatic rings. The van der Waals surface area contributed by atoms with Crippen LogP contribution in [0.3, 0.4) is 0 Å². The Morgan fingerprint density at radius 2 is 2.10 bits per heavy atom. The minimum atomic E-state index is -4.52. The third-order valence-electron chi connectivity index (χ3n) is 3.14. The second kappa shape index (κ2) is 6.13. The molecule has 118 valence electrons. The Bertz CT molecular complexity index is 613. The van der Waals surface area contributed by atoms with E-state index in [1.54, 1.807) is 0 Å². The Morgan fingerprint density at radius 3 is 2.67 bits per heavy atom. The van der Waals surface area contributed by atoms with Crippen LogP contribution in [0.2, 0.25) is 0 Å². The van der Waals surface area contributed by atoms with Crippen LogP contribution in [0.5, 0.6) is 0 Å². The maximum atomic E-state index is 12.7. The van der Waals surface area contributed by atoms with Crippen LogP contribution in [0.25, 0.3) is 0 Å². The zero-order valence-electron chi connectivity index (χ0n) is 10.9. The molecule has 1 fully saturated rings. The molecule has 0 aromatic heterocycles. The van der Waals surface area contributed by atoms with Crippen LogP contribution < -0.4 is 10.0 Å². The summed E-state index contributed by atoms with van der Waals surface area (Å²) >= 11 is 3.05. The first kappa shape index (κ1) is 16.6. The average molecular weight is 387 g/mol. The fourth-order valence-corrected chi connectivity index (χ4v) is 4.03. The van der Waals surface area contributed by atoms with Crippen molar-refractivity contribution in [3.8, 4) is 0 Å². The van der Waals surface area contributed by atoms with Gasteiger partial charge in [0, 0.05) is 10.5 Å². The SMILES string of the molecule is O=S(=O)(CC1CCCN1)Nc1cc(C(F)(F)F)ccc1Br. The first-order valence-corrected chi connectivity index (χ1v) is 8.72. The Kier molecular flexibility index (Phi) is 4.84. The first-order chi connectivity index (χ1) is 9.67. The number of halogens is 4. The molecular formula is C12H14BrF3N2O2S. The molecule has 4 nitrogen and oxygen atoms in total. The van der Waals surface area contributed by atoms with Gasteiger partial charge in [0.15, 0.2) is 0 Å². The Balaban J connectivity index is 2.17. The fraction of sp³-hybridized carbons (Fsp3) is 0.500. The molecule has 1 aromatic rings. The molecule has 0 spiro atoms. The van der Waals surface area contributed by atoms with Gasteiger partial charge in [-0.2, -0.15) is 13.2 Å². The van der Waals surface area contributed by atoms with Crippen LogP contribution in [0.15, 0.2) is 22.7 Å². The molecule has 1 heterocycles. The molecule has 0 radical (unpaired) electrons. The molecule has 1 aromatic carbocycles. The van der Waals surface area contributed by atoms with Gasteiger partial charge in [0.1, 0.15) is 0 Å². The van der Waals surface area contributed by atoms with Crippen molar-refractivity contribution in [1.29, 1.82) is 0 Å². The summed E-state index contributed by atoms with van der Waals surface area (Å²) in [6, 6.07) is 2.69. The highest BCUT2D eigenvalue weighted by atomic mass is 79.9. The maximum Gasteiger partial charge on any atom is 0.416 e. The Labute approximate surface area is 129 Å². The Morgan fingerprint density at radius 1 is 1.38 bits per heavy atom. The van der Waals surface area contributed by atoms with Gasteiger partial charge in [0.25, 0.3) is 0 Å². The van der Waals surface area contributed by atoms with E-state index >= 15 is 0 Å². The number of anilines is 1. The van der Waals surface area contributed by atoms with Gasteiger partial charge >= 0.3 is 6.18 Å². The highest BCUT2D eigenvalue weighted by Gasteiger charge is 2.31. The van der Waals surface area contributed by atoms with Gasteiger partial charge in [-0.3, -0.25) is 4.72 Å². The van der Waals surface area contributed by atoms with Crippen LogP contribution in [0.1, 0.15) is 18.4 Å². The number of alkyl halides is 3. The van der Waals surface area contributed by atoms with Gasteiger partial charge in [-0.1, -0.05) is 0 Å².